The van der Waals surface area contributed by atoms with Crippen LogP contribution in [-0.4, -0.2) is 16.3 Å². The van der Waals surface area contributed by atoms with Gasteiger partial charge in [0.1, 0.15) is 7.12 Å². The Morgan fingerprint density at radius 1 is 1.25 bits per heavy atom. The first-order valence-corrected chi connectivity index (χ1v) is 4.32. The molecule has 0 bridgehead atoms. The summed E-state index contributed by atoms with van der Waals surface area (Å²) < 4.78 is 46.6. The van der Waals surface area contributed by atoms with Crippen LogP contribution in [0.15, 0.2) is 36.8 Å². The predicted molar refractivity (Wildman–Crippen MR) is 50.7 cm³/mol. The molecule has 0 spiro atoms. The zero-order valence-electron chi connectivity index (χ0n) is 8.88. The van der Waals surface area contributed by atoms with Crippen LogP contribution >= 0.6 is 0 Å². The number of alkyl halides is 3. The molecule has 2 rings (SSSR count). The summed E-state index contributed by atoms with van der Waals surface area (Å²) in [6.45, 7) is 0. The van der Waals surface area contributed by atoms with Gasteiger partial charge in [-0.25, -0.2) is 4.98 Å². The third-order valence-electron chi connectivity index (χ3n) is 1.85. The minimum absolute atomic E-state index is 0.00406. The maximum atomic E-state index is 11.9. The Morgan fingerprint density at radius 2 is 1.94 bits per heavy atom. The van der Waals surface area contributed by atoms with Gasteiger partial charge in [-0.1, -0.05) is 0 Å². The number of imidazole rings is 1. The monoisotopic (exact) mass is 229 g/mol. The van der Waals surface area contributed by atoms with E-state index >= 15 is 0 Å². The third kappa shape index (κ3) is 2.53. The number of aromatic nitrogens is 2. The predicted octanol–water partition coefficient (Wildman–Crippen LogP) is 2.98. The first kappa shape index (κ1) is 9.26. The third-order valence-corrected chi connectivity index (χ3v) is 1.85. The van der Waals surface area contributed by atoms with Crippen LogP contribution in [0.4, 0.5) is 13.2 Å². The van der Waals surface area contributed by atoms with Crippen LogP contribution in [0.5, 0.6) is 5.75 Å². The molecular weight excluding hydrogens is 221 g/mol. The van der Waals surface area contributed by atoms with Gasteiger partial charge in [0, 0.05) is 0 Å². The van der Waals surface area contributed by atoms with Crippen molar-refractivity contribution in [3.8, 4) is 17.0 Å². The molecule has 0 unspecified atom stereocenters. The highest BCUT2D eigenvalue weighted by atomic mass is 19.4. The van der Waals surface area contributed by atoms with E-state index in [1.165, 1.54) is 30.5 Å². The lowest BCUT2D eigenvalue weighted by Crippen LogP contribution is -2.16. The van der Waals surface area contributed by atoms with Crippen molar-refractivity contribution in [3.05, 3.63) is 36.8 Å². The Kier molecular flexibility index (Phi) is 2.25. The van der Waals surface area contributed by atoms with Gasteiger partial charge < -0.3 is 9.72 Å². The maximum absolute atomic E-state index is 11.9. The van der Waals surface area contributed by atoms with Gasteiger partial charge in [0.2, 0.25) is 0 Å². The first-order chi connectivity index (χ1) is 7.94. The Labute approximate surface area is 90.3 Å². The van der Waals surface area contributed by atoms with Crippen LogP contribution in [0.3, 0.4) is 0 Å². The maximum Gasteiger partial charge on any atom is 0.573 e. The van der Waals surface area contributed by atoms with Crippen molar-refractivity contribution >= 4 is 0 Å². The molecule has 16 heavy (non-hydrogen) atoms. The molecule has 1 N–H and O–H groups in total. The van der Waals surface area contributed by atoms with Crippen molar-refractivity contribution in [2.75, 3.05) is 0 Å². The van der Waals surface area contributed by atoms with Crippen molar-refractivity contribution in [1.82, 2.24) is 9.97 Å². The molecule has 0 fully saturated rings. The van der Waals surface area contributed by atoms with Crippen LogP contribution in [0.1, 0.15) is 1.37 Å². The minimum atomic E-state index is -4.69. The lowest BCUT2D eigenvalue weighted by Gasteiger charge is -2.08. The molecule has 1 aromatic heterocycles. The molecule has 0 radical (unpaired) electrons. The smallest absolute Gasteiger partial charge is 0.406 e. The number of hydrogen-bond donors (Lipinski definition) is 1. The molecule has 0 aliphatic carbocycles. The van der Waals surface area contributed by atoms with E-state index in [0.717, 1.165) is 0 Å². The van der Waals surface area contributed by atoms with Gasteiger partial charge in [0.15, 0.2) is 0 Å². The zero-order valence-corrected chi connectivity index (χ0v) is 7.88. The highest BCUT2D eigenvalue weighted by molar-refractivity contribution is 5.58. The average molecular weight is 229 g/mol. The Bertz CT molecular complexity index is 507. The van der Waals surface area contributed by atoms with E-state index in [4.69, 9.17) is 1.37 Å². The summed E-state index contributed by atoms with van der Waals surface area (Å²) in [5.74, 6) is -0.285. The fraction of sp³-hybridized carbons (Fsp3) is 0.100. The highest BCUT2D eigenvalue weighted by Gasteiger charge is 2.30. The molecule has 0 amide bonds. The molecule has 0 aliphatic heterocycles. The molecule has 84 valence electrons. The van der Waals surface area contributed by atoms with Crippen LogP contribution in [0.25, 0.3) is 11.3 Å². The normalized spacial score (nSPS) is 12.3. The summed E-state index contributed by atoms with van der Waals surface area (Å²) >= 11 is 0. The van der Waals surface area contributed by atoms with E-state index in [2.05, 4.69) is 14.7 Å². The largest absolute Gasteiger partial charge is 0.573 e. The SMILES string of the molecule is [2H]c1ncc(-c2ccc(OC(F)(F)F)cc2)[nH]1. The van der Waals surface area contributed by atoms with Crippen LogP contribution < -0.4 is 4.74 Å². The second-order valence-electron chi connectivity index (χ2n) is 2.98. The van der Waals surface area contributed by atoms with Crippen LogP contribution in [-0.2, 0) is 0 Å². The zero-order chi connectivity index (χ0) is 12.5. The molecule has 3 nitrogen and oxygen atoms in total. The van der Waals surface area contributed by atoms with Gasteiger partial charge in [0.05, 0.1) is 18.2 Å². The van der Waals surface area contributed by atoms with Gasteiger partial charge in [-0.05, 0) is 29.8 Å². The number of H-pyrrole nitrogens is 1. The van der Waals surface area contributed by atoms with E-state index in [0.29, 0.717) is 11.3 Å². The number of aromatic amines is 1. The van der Waals surface area contributed by atoms with Crippen molar-refractivity contribution in [3.63, 3.8) is 0 Å². The second-order valence-corrected chi connectivity index (χ2v) is 2.98. The lowest BCUT2D eigenvalue weighted by molar-refractivity contribution is -0.274. The molecular formula is C10H7F3N2O. The van der Waals surface area contributed by atoms with E-state index < -0.39 is 6.36 Å². The first-order valence-electron chi connectivity index (χ1n) is 4.82. The molecule has 1 aromatic carbocycles. The summed E-state index contributed by atoms with van der Waals surface area (Å²) in [4.78, 5) is 6.33. The lowest BCUT2D eigenvalue weighted by atomic mass is 10.2. The van der Waals surface area contributed by atoms with Gasteiger partial charge in [0.25, 0.3) is 0 Å². The molecule has 0 atom stereocenters. The molecule has 2 aromatic rings. The standard InChI is InChI=1S/C10H7F3N2O/c11-10(12,13)16-8-3-1-7(2-4-8)9-5-14-6-15-9/h1-6H,(H,14,15)/i6D. The average Bonchev–Trinajstić information content (AvgIpc) is 2.63. The number of nitrogens with one attached hydrogen (secondary N) is 1. The van der Waals surface area contributed by atoms with E-state index in [1.54, 1.807) is 0 Å². The quantitative estimate of drug-likeness (QED) is 0.859. The molecule has 6 heteroatoms. The van der Waals surface area contributed by atoms with Crippen molar-refractivity contribution < 1.29 is 19.3 Å². The summed E-state index contributed by atoms with van der Waals surface area (Å²) in [5.41, 5.74) is 1.19. The van der Waals surface area contributed by atoms with E-state index in [1.807, 2.05) is 0 Å². The number of rotatable bonds is 2. The number of benzene rings is 1. The fourth-order valence-electron chi connectivity index (χ4n) is 1.20. The van der Waals surface area contributed by atoms with Gasteiger partial charge in [-0.2, -0.15) is 0 Å². The highest BCUT2D eigenvalue weighted by Crippen LogP contribution is 2.25. The minimum Gasteiger partial charge on any atom is -0.406 e. The van der Waals surface area contributed by atoms with Crippen molar-refractivity contribution in [2.24, 2.45) is 0 Å². The molecule has 0 aliphatic rings. The van der Waals surface area contributed by atoms with Gasteiger partial charge in [-0.15, -0.1) is 13.2 Å². The summed E-state index contributed by atoms with van der Waals surface area (Å²) in [7, 11) is 0. The Hall–Kier alpha value is -1.98. The molecule has 0 saturated carbocycles. The number of halogens is 3. The van der Waals surface area contributed by atoms with E-state index in [9.17, 15) is 13.2 Å². The Morgan fingerprint density at radius 3 is 2.44 bits per heavy atom. The topological polar surface area (TPSA) is 37.9 Å². The Balaban J connectivity index is 2.19. The summed E-state index contributed by atoms with van der Waals surface area (Å²) in [6.07, 6.45) is -3.26. The summed E-state index contributed by atoms with van der Waals surface area (Å²) in [6, 6.07) is 5.31. The van der Waals surface area contributed by atoms with Crippen molar-refractivity contribution in [1.29, 1.82) is 0 Å². The number of ether oxygens (including phenoxy) is 1. The number of hydrogen-bond acceptors (Lipinski definition) is 2. The van der Waals surface area contributed by atoms with E-state index in [-0.39, 0.29) is 12.1 Å². The van der Waals surface area contributed by atoms with Crippen LogP contribution in [0, 0.1) is 0 Å². The van der Waals surface area contributed by atoms with Gasteiger partial charge >= 0.3 is 6.36 Å². The van der Waals surface area contributed by atoms with Gasteiger partial charge in [-0.3, -0.25) is 0 Å². The van der Waals surface area contributed by atoms with Crippen LogP contribution in [0.2, 0.25) is 0 Å². The van der Waals surface area contributed by atoms with Crippen molar-refractivity contribution in [2.45, 2.75) is 6.36 Å². The molecule has 1 heterocycles. The molecule has 0 saturated heterocycles. The fourth-order valence-corrected chi connectivity index (χ4v) is 1.20. The number of nitrogens with zero attached hydrogens (tertiary/aromatic N) is 1. The second kappa shape index (κ2) is 3.88. The summed E-state index contributed by atoms with van der Waals surface area (Å²) in [5, 5.41) is 0.